The summed E-state index contributed by atoms with van der Waals surface area (Å²) in [5.74, 6) is 0.161. The van der Waals surface area contributed by atoms with Gasteiger partial charge in [-0.1, -0.05) is 72.8 Å². The Labute approximate surface area is 159 Å². The van der Waals surface area contributed by atoms with Crippen molar-refractivity contribution in [2.45, 2.75) is 13.3 Å². The minimum atomic E-state index is 0.0704. The van der Waals surface area contributed by atoms with Crippen molar-refractivity contribution >= 4 is 11.6 Å². The maximum Gasteiger partial charge on any atom is 0.165 e. The highest BCUT2D eigenvalue weighted by atomic mass is 16.5. The van der Waals surface area contributed by atoms with Gasteiger partial charge in [0.15, 0.2) is 11.6 Å². The molecule has 27 heavy (non-hydrogen) atoms. The standard InChI is InChI=1S/C24H22O3/c1-17(25)18-3-5-19(6-4-18)20-7-9-21(10-8-20)22-11-13-23(14-12-22)24(26)15-16-27-2/h3-14H,15-16H2,1-2H3. The molecule has 0 N–H and O–H groups in total. The van der Waals surface area contributed by atoms with Crippen molar-refractivity contribution in [3.63, 3.8) is 0 Å². The molecule has 0 aliphatic heterocycles. The Hall–Kier alpha value is -3.04. The van der Waals surface area contributed by atoms with Gasteiger partial charge >= 0.3 is 0 Å². The van der Waals surface area contributed by atoms with Crippen LogP contribution in [0.5, 0.6) is 0 Å². The molecule has 3 aromatic rings. The number of carbonyl (C=O) groups is 2. The number of hydrogen-bond acceptors (Lipinski definition) is 3. The normalized spacial score (nSPS) is 10.6. The Balaban J connectivity index is 1.75. The summed E-state index contributed by atoms with van der Waals surface area (Å²) in [6.07, 6.45) is 0.396. The summed E-state index contributed by atoms with van der Waals surface area (Å²) < 4.78 is 4.96. The molecule has 3 heteroatoms. The van der Waals surface area contributed by atoms with Crippen molar-refractivity contribution in [2.24, 2.45) is 0 Å². The maximum atomic E-state index is 12.0. The number of carbonyl (C=O) groups excluding carboxylic acids is 2. The van der Waals surface area contributed by atoms with Crippen LogP contribution in [0.25, 0.3) is 22.3 Å². The summed E-state index contributed by atoms with van der Waals surface area (Å²) in [5.41, 5.74) is 5.76. The van der Waals surface area contributed by atoms with Crippen LogP contribution in [0.1, 0.15) is 34.1 Å². The molecule has 3 rings (SSSR count). The number of methoxy groups -OCH3 is 1. The topological polar surface area (TPSA) is 43.4 Å². The van der Waals surface area contributed by atoms with E-state index in [9.17, 15) is 9.59 Å². The van der Waals surface area contributed by atoms with Gasteiger partial charge in [-0.15, -0.1) is 0 Å². The summed E-state index contributed by atoms with van der Waals surface area (Å²) in [6, 6.07) is 23.6. The first-order valence-electron chi connectivity index (χ1n) is 8.92. The molecule has 3 nitrogen and oxygen atoms in total. The van der Waals surface area contributed by atoms with Crippen LogP contribution in [0, 0.1) is 0 Å². The molecule has 0 saturated carbocycles. The van der Waals surface area contributed by atoms with Gasteiger partial charge in [-0.2, -0.15) is 0 Å². The highest BCUT2D eigenvalue weighted by Crippen LogP contribution is 2.25. The third-order valence-corrected chi connectivity index (χ3v) is 4.58. The van der Waals surface area contributed by atoms with Gasteiger partial charge in [-0.05, 0) is 29.2 Å². The van der Waals surface area contributed by atoms with E-state index in [2.05, 4.69) is 24.3 Å². The summed E-state index contributed by atoms with van der Waals surface area (Å²) in [7, 11) is 1.59. The minimum absolute atomic E-state index is 0.0704. The number of ether oxygens (including phenoxy) is 1. The minimum Gasteiger partial charge on any atom is -0.384 e. The molecule has 0 unspecified atom stereocenters. The number of Topliss-reactive ketones (excluding diaryl/α,β-unsaturated/α-hetero) is 2. The molecule has 0 saturated heterocycles. The Bertz CT molecular complexity index is 921. The monoisotopic (exact) mass is 358 g/mol. The molecule has 3 aromatic carbocycles. The lowest BCUT2D eigenvalue weighted by atomic mass is 9.98. The third kappa shape index (κ3) is 4.57. The van der Waals surface area contributed by atoms with Gasteiger partial charge in [0.1, 0.15) is 0 Å². The summed E-state index contributed by atoms with van der Waals surface area (Å²) in [5, 5.41) is 0. The Morgan fingerprint density at radius 1 is 0.667 bits per heavy atom. The quantitative estimate of drug-likeness (QED) is 0.528. The predicted molar refractivity (Wildman–Crippen MR) is 108 cm³/mol. The molecule has 0 aliphatic rings. The van der Waals surface area contributed by atoms with Crippen LogP contribution in [0.4, 0.5) is 0 Å². The van der Waals surface area contributed by atoms with Crippen LogP contribution in [-0.2, 0) is 4.74 Å². The van der Waals surface area contributed by atoms with Crippen LogP contribution in [0.3, 0.4) is 0 Å². The van der Waals surface area contributed by atoms with Gasteiger partial charge in [-0.25, -0.2) is 0 Å². The molecule has 0 heterocycles. The molecule has 0 atom stereocenters. The fourth-order valence-corrected chi connectivity index (χ4v) is 2.94. The van der Waals surface area contributed by atoms with Gasteiger partial charge in [-0.3, -0.25) is 9.59 Å². The second kappa shape index (κ2) is 8.56. The first kappa shape index (κ1) is 18.7. The van der Waals surface area contributed by atoms with Crippen molar-refractivity contribution in [1.82, 2.24) is 0 Å². The molecule has 136 valence electrons. The third-order valence-electron chi connectivity index (χ3n) is 4.58. The zero-order valence-corrected chi connectivity index (χ0v) is 15.6. The second-order valence-electron chi connectivity index (χ2n) is 6.45. The van der Waals surface area contributed by atoms with Gasteiger partial charge in [0, 0.05) is 24.7 Å². The van der Waals surface area contributed by atoms with E-state index in [1.807, 2.05) is 48.5 Å². The maximum absolute atomic E-state index is 12.0. The van der Waals surface area contributed by atoms with Crippen LogP contribution in [0.2, 0.25) is 0 Å². The summed E-state index contributed by atoms with van der Waals surface area (Å²) in [6.45, 7) is 2.01. The van der Waals surface area contributed by atoms with Gasteiger partial charge in [0.05, 0.1) is 6.61 Å². The average Bonchev–Trinajstić information content (AvgIpc) is 2.72. The van der Waals surface area contributed by atoms with Crippen LogP contribution < -0.4 is 0 Å². The summed E-state index contributed by atoms with van der Waals surface area (Å²) >= 11 is 0. The molecule has 0 fully saturated rings. The van der Waals surface area contributed by atoms with E-state index in [4.69, 9.17) is 4.74 Å². The highest BCUT2D eigenvalue weighted by molar-refractivity contribution is 5.96. The molecule has 0 spiro atoms. The van der Waals surface area contributed by atoms with E-state index in [0.717, 1.165) is 27.8 Å². The number of benzene rings is 3. The zero-order valence-electron chi connectivity index (χ0n) is 15.6. The molecular formula is C24H22O3. The summed E-state index contributed by atoms with van der Waals surface area (Å²) in [4.78, 5) is 23.4. The number of ketones is 2. The molecule has 0 aromatic heterocycles. The van der Waals surface area contributed by atoms with Crippen molar-refractivity contribution in [1.29, 1.82) is 0 Å². The van der Waals surface area contributed by atoms with E-state index >= 15 is 0 Å². The SMILES string of the molecule is COCCC(=O)c1ccc(-c2ccc(-c3ccc(C(C)=O)cc3)cc2)cc1. The van der Waals surface area contributed by atoms with Crippen molar-refractivity contribution in [3.05, 3.63) is 83.9 Å². The largest absolute Gasteiger partial charge is 0.384 e. The van der Waals surface area contributed by atoms with Crippen molar-refractivity contribution < 1.29 is 14.3 Å². The molecule has 0 amide bonds. The Morgan fingerprint density at radius 2 is 1.04 bits per heavy atom. The Kier molecular flexibility index (Phi) is 5.94. The number of hydrogen-bond donors (Lipinski definition) is 0. The number of rotatable bonds is 7. The first-order chi connectivity index (χ1) is 13.1. The van der Waals surface area contributed by atoms with E-state index < -0.39 is 0 Å². The van der Waals surface area contributed by atoms with E-state index in [0.29, 0.717) is 18.6 Å². The van der Waals surface area contributed by atoms with Gasteiger partial charge in [0.2, 0.25) is 0 Å². The Morgan fingerprint density at radius 3 is 1.41 bits per heavy atom. The molecule has 0 aliphatic carbocycles. The van der Waals surface area contributed by atoms with Crippen molar-refractivity contribution in [2.75, 3.05) is 13.7 Å². The average molecular weight is 358 g/mol. The second-order valence-corrected chi connectivity index (χ2v) is 6.45. The zero-order chi connectivity index (χ0) is 19.2. The van der Waals surface area contributed by atoms with Crippen LogP contribution in [0.15, 0.2) is 72.8 Å². The fraction of sp³-hybridized carbons (Fsp3) is 0.167. The smallest absolute Gasteiger partial charge is 0.165 e. The fourth-order valence-electron chi connectivity index (χ4n) is 2.94. The van der Waals surface area contributed by atoms with Crippen LogP contribution in [-0.4, -0.2) is 25.3 Å². The molecule has 0 radical (unpaired) electrons. The van der Waals surface area contributed by atoms with E-state index in [1.165, 1.54) is 0 Å². The van der Waals surface area contributed by atoms with Crippen LogP contribution >= 0.6 is 0 Å². The predicted octanol–water partition coefficient (Wildman–Crippen LogP) is 5.44. The lowest BCUT2D eigenvalue weighted by molar-refractivity contribution is 0.0931. The molecular weight excluding hydrogens is 336 g/mol. The van der Waals surface area contributed by atoms with Crippen molar-refractivity contribution in [3.8, 4) is 22.3 Å². The van der Waals surface area contributed by atoms with Gasteiger partial charge < -0.3 is 4.74 Å². The molecule has 0 bridgehead atoms. The first-order valence-corrected chi connectivity index (χ1v) is 8.92. The van der Waals surface area contributed by atoms with E-state index in [-0.39, 0.29) is 11.6 Å². The highest BCUT2D eigenvalue weighted by Gasteiger charge is 2.07. The lowest BCUT2D eigenvalue weighted by Gasteiger charge is -2.07. The lowest BCUT2D eigenvalue weighted by Crippen LogP contribution is -2.02. The van der Waals surface area contributed by atoms with Gasteiger partial charge in [0.25, 0.3) is 0 Å². The van der Waals surface area contributed by atoms with E-state index in [1.54, 1.807) is 14.0 Å².